The molecule has 2 heterocycles. The van der Waals surface area contributed by atoms with E-state index in [2.05, 4.69) is 5.32 Å². The van der Waals surface area contributed by atoms with Crippen molar-refractivity contribution in [2.24, 2.45) is 0 Å². The van der Waals surface area contributed by atoms with Crippen molar-refractivity contribution in [3.8, 4) is 0 Å². The summed E-state index contributed by atoms with van der Waals surface area (Å²) in [5.41, 5.74) is 2.52. The van der Waals surface area contributed by atoms with E-state index in [1.807, 2.05) is 42.1 Å². The molecular weight excluding hydrogens is 310 g/mol. The Balaban J connectivity index is 1.52. The number of amides is 1. The third kappa shape index (κ3) is 3.19. The summed E-state index contributed by atoms with van der Waals surface area (Å²) in [6, 6.07) is 9.77. The highest BCUT2D eigenvalue weighted by molar-refractivity contribution is 7.98. The molecule has 104 valence electrons. The molecule has 1 aliphatic heterocycles. The Kier molecular flexibility index (Phi) is 4.34. The van der Waals surface area contributed by atoms with Crippen molar-refractivity contribution in [3.63, 3.8) is 0 Å². The highest BCUT2D eigenvalue weighted by Crippen LogP contribution is 2.36. The standard InChI is InChI=1S/C15H14ClNOS2/c16-12-3-1-10(2-4-12)5-6-17-15(18)13-7-11-8-19-9-14(11)20-13/h1-4,7H,5-6,8-9H2,(H,17,18). The summed E-state index contributed by atoms with van der Waals surface area (Å²) in [6.45, 7) is 0.651. The molecule has 20 heavy (non-hydrogen) atoms. The normalized spacial score (nSPS) is 13.2. The van der Waals surface area contributed by atoms with Gasteiger partial charge >= 0.3 is 0 Å². The maximum atomic E-state index is 12.1. The zero-order valence-corrected chi connectivity index (χ0v) is 13.2. The van der Waals surface area contributed by atoms with E-state index in [-0.39, 0.29) is 5.91 Å². The Morgan fingerprint density at radius 2 is 2.05 bits per heavy atom. The molecule has 0 unspecified atom stereocenters. The molecule has 5 heteroatoms. The van der Waals surface area contributed by atoms with E-state index in [4.69, 9.17) is 11.6 Å². The van der Waals surface area contributed by atoms with Crippen molar-refractivity contribution in [2.75, 3.05) is 6.54 Å². The van der Waals surface area contributed by atoms with Gasteiger partial charge in [0.25, 0.3) is 5.91 Å². The summed E-state index contributed by atoms with van der Waals surface area (Å²) in [6.07, 6.45) is 0.823. The van der Waals surface area contributed by atoms with Crippen molar-refractivity contribution in [3.05, 3.63) is 56.2 Å². The van der Waals surface area contributed by atoms with E-state index in [1.54, 1.807) is 11.3 Å². The minimum absolute atomic E-state index is 0.0448. The molecule has 2 aromatic rings. The van der Waals surface area contributed by atoms with E-state index < -0.39 is 0 Å². The van der Waals surface area contributed by atoms with Crippen molar-refractivity contribution in [2.45, 2.75) is 17.9 Å². The number of carbonyl (C=O) groups is 1. The minimum atomic E-state index is 0.0448. The maximum Gasteiger partial charge on any atom is 0.261 e. The number of thioether (sulfide) groups is 1. The predicted molar refractivity (Wildman–Crippen MR) is 86.8 cm³/mol. The second-order valence-corrected chi connectivity index (χ2v) is 7.24. The van der Waals surface area contributed by atoms with Crippen molar-refractivity contribution >= 4 is 40.6 Å². The second-order valence-electron chi connectivity index (χ2n) is 4.68. The molecule has 1 aromatic heterocycles. The first-order valence-corrected chi connectivity index (χ1v) is 8.79. The summed E-state index contributed by atoms with van der Waals surface area (Å²) >= 11 is 9.38. The fraction of sp³-hybridized carbons (Fsp3) is 0.267. The van der Waals surface area contributed by atoms with Crippen molar-refractivity contribution < 1.29 is 4.79 Å². The van der Waals surface area contributed by atoms with Crippen LogP contribution in [0, 0.1) is 0 Å². The van der Waals surface area contributed by atoms with Gasteiger partial charge in [-0.15, -0.1) is 11.3 Å². The smallest absolute Gasteiger partial charge is 0.261 e. The molecule has 2 nitrogen and oxygen atoms in total. The van der Waals surface area contributed by atoms with Crippen molar-refractivity contribution in [1.29, 1.82) is 0 Å². The third-order valence-electron chi connectivity index (χ3n) is 3.22. The number of hydrogen-bond acceptors (Lipinski definition) is 3. The van der Waals surface area contributed by atoms with Gasteiger partial charge in [-0.05, 0) is 35.7 Å². The lowest BCUT2D eigenvalue weighted by Gasteiger charge is -2.04. The zero-order valence-electron chi connectivity index (χ0n) is 10.8. The van der Waals surface area contributed by atoms with E-state index in [0.29, 0.717) is 6.54 Å². The molecular formula is C15H14ClNOS2. The van der Waals surface area contributed by atoms with Gasteiger partial charge in [0.2, 0.25) is 0 Å². The lowest BCUT2D eigenvalue weighted by Crippen LogP contribution is -2.24. The number of hydrogen-bond donors (Lipinski definition) is 1. The van der Waals surface area contributed by atoms with Crippen LogP contribution in [0.15, 0.2) is 30.3 Å². The highest BCUT2D eigenvalue weighted by Gasteiger charge is 2.18. The first-order chi connectivity index (χ1) is 9.72. The summed E-state index contributed by atoms with van der Waals surface area (Å²) in [5.74, 6) is 2.14. The average Bonchev–Trinajstić information content (AvgIpc) is 3.02. The first kappa shape index (κ1) is 14.0. The highest BCUT2D eigenvalue weighted by atomic mass is 35.5. The number of carbonyl (C=O) groups excluding carboxylic acids is 1. The van der Waals surface area contributed by atoms with Crippen LogP contribution in [0.5, 0.6) is 0 Å². The summed E-state index contributed by atoms with van der Waals surface area (Å²) in [4.78, 5) is 14.3. The maximum absolute atomic E-state index is 12.1. The number of thiophene rings is 1. The zero-order chi connectivity index (χ0) is 13.9. The van der Waals surface area contributed by atoms with Crippen LogP contribution >= 0.6 is 34.7 Å². The molecule has 1 amide bonds. The predicted octanol–water partition coefficient (Wildman–Crippen LogP) is 4.12. The van der Waals surface area contributed by atoms with E-state index in [1.165, 1.54) is 16.0 Å². The van der Waals surface area contributed by atoms with Gasteiger partial charge in [-0.1, -0.05) is 23.7 Å². The molecule has 0 radical (unpaired) electrons. The Labute approximate surface area is 131 Å². The molecule has 0 fully saturated rings. The summed E-state index contributed by atoms with van der Waals surface area (Å²) < 4.78 is 0. The number of nitrogens with one attached hydrogen (secondary N) is 1. The van der Waals surface area contributed by atoms with Crippen LogP contribution in [0.25, 0.3) is 0 Å². The van der Waals surface area contributed by atoms with Gasteiger partial charge in [0, 0.05) is 28.0 Å². The third-order valence-corrected chi connectivity index (χ3v) is 5.84. The first-order valence-electron chi connectivity index (χ1n) is 6.44. The van der Waals surface area contributed by atoms with Crippen LogP contribution in [0.3, 0.4) is 0 Å². The Bertz CT molecular complexity index is 600. The minimum Gasteiger partial charge on any atom is -0.351 e. The van der Waals surface area contributed by atoms with Gasteiger partial charge in [0.05, 0.1) is 4.88 Å². The van der Waals surface area contributed by atoms with Gasteiger partial charge < -0.3 is 5.32 Å². The average molecular weight is 324 g/mol. The molecule has 0 atom stereocenters. The fourth-order valence-electron chi connectivity index (χ4n) is 2.13. The van der Waals surface area contributed by atoms with Crippen LogP contribution in [-0.4, -0.2) is 12.5 Å². The van der Waals surface area contributed by atoms with Crippen LogP contribution in [0.1, 0.15) is 25.7 Å². The van der Waals surface area contributed by atoms with Crippen molar-refractivity contribution in [1.82, 2.24) is 5.32 Å². The molecule has 0 bridgehead atoms. The Hall–Kier alpha value is -0.970. The Morgan fingerprint density at radius 3 is 2.80 bits per heavy atom. The SMILES string of the molecule is O=C(NCCc1ccc(Cl)cc1)c1cc2c(s1)CSC2. The molecule has 3 rings (SSSR count). The van der Waals surface area contributed by atoms with Crippen LogP contribution in [0.2, 0.25) is 5.02 Å². The largest absolute Gasteiger partial charge is 0.351 e. The lowest BCUT2D eigenvalue weighted by atomic mass is 10.1. The number of benzene rings is 1. The fourth-order valence-corrected chi connectivity index (χ4v) is 4.68. The van der Waals surface area contributed by atoms with Crippen LogP contribution in [-0.2, 0) is 17.9 Å². The van der Waals surface area contributed by atoms with Gasteiger partial charge in [0.1, 0.15) is 0 Å². The van der Waals surface area contributed by atoms with Crippen LogP contribution < -0.4 is 5.32 Å². The van der Waals surface area contributed by atoms with E-state index in [0.717, 1.165) is 27.8 Å². The van der Waals surface area contributed by atoms with E-state index >= 15 is 0 Å². The second kappa shape index (κ2) is 6.20. The van der Waals surface area contributed by atoms with Crippen LogP contribution in [0.4, 0.5) is 0 Å². The molecule has 1 N–H and O–H groups in total. The topological polar surface area (TPSA) is 29.1 Å². The quantitative estimate of drug-likeness (QED) is 0.917. The Morgan fingerprint density at radius 1 is 1.25 bits per heavy atom. The molecule has 0 saturated carbocycles. The molecule has 0 saturated heterocycles. The number of rotatable bonds is 4. The summed E-state index contributed by atoms with van der Waals surface area (Å²) in [5, 5.41) is 3.72. The van der Waals surface area contributed by atoms with E-state index in [9.17, 15) is 4.79 Å². The number of halogens is 1. The van der Waals surface area contributed by atoms with Gasteiger partial charge in [-0.3, -0.25) is 4.79 Å². The molecule has 1 aliphatic rings. The van der Waals surface area contributed by atoms with Gasteiger partial charge in [0.15, 0.2) is 0 Å². The van der Waals surface area contributed by atoms with Gasteiger partial charge in [-0.2, -0.15) is 11.8 Å². The molecule has 0 spiro atoms. The van der Waals surface area contributed by atoms with Gasteiger partial charge in [-0.25, -0.2) is 0 Å². The lowest BCUT2D eigenvalue weighted by molar-refractivity contribution is 0.0958. The summed E-state index contributed by atoms with van der Waals surface area (Å²) in [7, 11) is 0. The molecule has 0 aliphatic carbocycles. The monoisotopic (exact) mass is 323 g/mol. The molecule has 1 aromatic carbocycles. The number of fused-ring (bicyclic) bond motifs is 1.